The van der Waals surface area contributed by atoms with Gasteiger partial charge in [0.25, 0.3) is 0 Å². The van der Waals surface area contributed by atoms with E-state index in [4.69, 9.17) is 16.3 Å². The number of rotatable bonds is 8. The minimum absolute atomic E-state index is 0.656. The van der Waals surface area contributed by atoms with Crippen LogP contribution in [0.25, 0.3) is 0 Å². The molecule has 0 bridgehead atoms. The molecule has 0 saturated carbocycles. The zero-order chi connectivity index (χ0) is 12.5. The lowest BCUT2D eigenvalue weighted by atomic mass is 10.1. The third-order valence-corrected chi connectivity index (χ3v) is 2.76. The lowest BCUT2D eigenvalue weighted by molar-refractivity contribution is 0.122. The first kappa shape index (κ1) is 14.5. The summed E-state index contributed by atoms with van der Waals surface area (Å²) in [6.45, 7) is 7.86. The van der Waals surface area contributed by atoms with Gasteiger partial charge in [-0.25, -0.2) is 0 Å². The third kappa shape index (κ3) is 7.37. The molecule has 1 aromatic rings. The maximum absolute atomic E-state index is 5.80. The van der Waals surface area contributed by atoms with Crippen molar-refractivity contribution in [1.82, 2.24) is 5.32 Å². The Balaban J connectivity index is 1.99. The number of nitrogens with one attached hydrogen (secondary N) is 1. The molecule has 0 aliphatic carbocycles. The van der Waals surface area contributed by atoms with Crippen LogP contribution in [-0.4, -0.2) is 19.7 Å². The predicted octanol–water partition coefficient (Wildman–Crippen LogP) is 3.49. The Bertz CT molecular complexity index is 298. The highest BCUT2D eigenvalue weighted by Crippen LogP contribution is 2.09. The van der Waals surface area contributed by atoms with Crippen LogP contribution in [0.5, 0.6) is 0 Å². The van der Waals surface area contributed by atoms with Crippen molar-refractivity contribution in [3.05, 3.63) is 34.9 Å². The topological polar surface area (TPSA) is 21.3 Å². The molecule has 1 rings (SSSR count). The van der Waals surface area contributed by atoms with Gasteiger partial charge in [-0.1, -0.05) is 37.6 Å². The fourth-order valence-corrected chi connectivity index (χ4v) is 1.56. The van der Waals surface area contributed by atoms with Gasteiger partial charge in [-0.2, -0.15) is 0 Å². The van der Waals surface area contributed by atoms with Crippen LogP contribution in [0.15, 0.2) is 24.3 Å². The van der Waals surface area contributed by atoms with E-state index in [1.54, 1.807) is 0 Å². The fourth-order valence-electron chi connectivity index (χ4n) is 1.43. The van der Waals surface area contributed by atoms with E-state index in [-0.39, 0.29) is 0 Å². The Morgan fingerprint density at radius 2 is 1.88 bits per heavy atom. The summed E-state index contributed by atoms with van der Waals surface area (Å²) in [5.74, 6) is 0.762. The maximum atomic E-state index is 5.80. The van der Waals surface area contributed by atoms with Crippen molar-refractivity contribution in [2.45, 2.75) is 26.9 Å². The number of ether oxygens (including phenoxy) is 1. The first-order valence-electron chi connectivity index (χ1n) is 6.21. The molecule has 0 fully saturated rings. The van der Waals surface area contributed by atoms with Crippen LogP contribution < -0.4 is 5.32 Å². The van der Waals surface area contributed by atoms with Crippen LogP contribution in [0.4, 0.5) is 0 Å². The van der Waals surface area contributed by atoms with E-state index in [9.17, 15) is 0 Å². The second-order valence-electron chi connectivity index (χ2n) is 4.61. The van der Waals surface area contributed by atoms with Gasteiger partial charge in [-0.05, 0) is 36.6 Å². The molecule has 0 aliphatic heterocycles. The average Bonchev–Trinajstić information content (AvgIpc) is 2.30. The average molecular weight is 256 g/mol. The fraction of sp³-hybridized carbons (Fsp3) is 0.571. The molecule has 0 amide bonds. The summed E-state index contributed by atoms with van der Waals surface area (Å²) in [6.07, 6.45) is 1.22. The Labute approximate surface area is 109 Å². The molecule has 0 unspecified atom stereocenters. The lowest BCUT2D eigenvalue weighted by Crippen LogP contribution is -2.21. The van der Waals surface area contributed by atoms with Gasteiger partial charge in [0.15, 0.2) is 0 Å². The van der Waals surface area contributed by atoms with Gasteiger partial charge in [0.05, 0.1) is 13.2 Å². The largest absolute Gasteiger partial charge is 0.375 e. The second kappa shape index (κ2) is 8.51. The van der Waals surface area contributed by atoms with Crippen molar-refractivity contribution in [2.24, 2.45) is 5.92 Å². The summed E-state index contributed by atoms with van der Waals surface area (Å²) in [5, 5.41) is 4.13. The van der Waals surface area contributed by atoms with Crippen LogP contribution in [0.3, 0.4) is 0 Å². The molecule has 0 heterocycles. The minimum Gasteiger partial charge on any atom is -0.375 e. The molecule has 1 N–H and O–H groups in total. The molecule has 0 spiro atoms. The Morgan fingerprint density at radius 3 is 2.53 bits per heavy atom. The Hall–Kier alpha value is -0.570. The summed E-state index contributed by atoms with van der Waals surface area (Å²) in [4.78, 5) is 0. The van der Waals surface area contributed by atoms with E-state index < -0.39 is 0 Å². The lowest BCUT2D eigenvalue weighted by Gasteiger charge is -2.07. The van der Waals surface area contributed by atoms with Gasteiger partial charge >= 0.3 is 0 Å². The summed E-state index contributed by atoms with van der Waals surface area (Å²) < 4.78 is 5.56. The Kier molecular flexibility index (Phi) is 7.25. The van der Waals surface area contributed by atoms with E-state index in [2.05, 4.69) is 19.2 Å². The zero-order valence-corrected chi connectivity index (χ0v) is 11.5. The molecule has 0 aliphatic rings. The molecule has 0 radical (unpaired) electrons. The van der Waals surface area contributed by atoms with Crippen LogP contribution >= 0.6 is 11.6 Å². The van der Waals surface area contributed by atoms with E-state index >= 15 is 0 Å². The number of hydrogen-bond acceptors (Lipinski definition) is 2. The molecule has 0 aromatic heterocycles. The standard InChI is InChI=1S/C14H22ClNO/c1-12(2)7-8-16-9-10-17-11-13-3-5-14(15)6-4-13/h3-6,12,16H,7-11H2,1-2H3. The maximum Gasteiger partial charge on any atom is 0.0717 e. The molecule has 3 heteroatoms. The minimum atomic E-state index is 0.656. The highest BCUT2D eigenvalue weighted by molar-refractivity contribution is 6.30. The van der Waals surface area contributed by atoms with E-state index in [1.165, 1.54) is 6.42 Å². The monoisotopic (exact) mass is 255 g/mol. The molecular weight excluding hydrogens is 234 g/mol. The number of benzene rings is 1. The van der Waals surface area contributed by atoms with Crippen LogP contribution in [0, 0.1) is 5.92 Å². The van der Waals surface area contributed by atoms with E-state index in [1.807, 2.05) is 24.3 Å². The highest BCUT2D eigenvalue weighted by Gasteiger charge is 1.95. The van der Waals surface area contributed by atoms with E-state index in [0.717, 1.165) is 36.2 Å². The predicted molar refractivity (Wildman–Crippen MR) is 73.4 cm³/mol. The summed E-state index contributed by atoms with van der Waals surface area (Å²) in [5.41, 5.74) is 1.16. The van der Waals surface area contributed by atoms with Gasteiger partial charge in [0, 0.05) is 11.6 Å². The van der Waals surface area contributed by atoms with Crippen molar-refractivity contribution >= 4 is 11.6 Å². The molecule has 17 heavy (non-hydrogen) atoms. The molecule has 0 saturated heterocycles. The quantitative estimate of drug-likeness (QED) is 0.718. The first-order chi connectivity index (χ1) is 8.18. The van der Waals surface area contributed by atoms with Crippen molar-refractivity contribution < 1.29 is 4.74 Å². The molecular formula is C14H22ClNO. The van der Waals surface area contributed by atoms with Gasteiger partial charge in [0.2, 0.25) is 0 Å². The first-order valence-corrected chi connectivity index (χ1v) is 6.59. The van der Waals surface area contributed by atoms with Crippen LogP contribution in [0.1, 0.15) is 25.8 Å². The van der Waals surface area contributed by atoms with E-state index in [0.29, 0.717) is 6.61 Å². The molecule has 0 atom stereocenters. The van der Waals surface area contributed by atoms with Crippen molar-refractivity contribution in [2.75, 3.05) is 19.7 Å². The number of halogens is 1. The van der Waals surface area contributed by atoms with Crippen LogP contribution in [0.2, 0.25) is 5.02 Å². The third-order valence-electron chi connectivity index (χ3n) is 2.50. The van der Waals surface area contributed by atoms with Gasteiger partial charge < -0.3 is 10.1 Å². The van der Waals surface area contributed by atoms with Gasteiger partial charge in [-0.15, -0.1) is 0 Å². The zero-order valence-electron chi connectivity index (χ0n) is 10.7. The molecule has 2 nitrogen and oxygen atoms in total. The summed E-state index contributed by atoms with van der Waals surface area (Å²) in [7, 11) is 0. The van der Waals surface area contributed by atoms with Crippen LogP contribution in [-0.2, 0) is 11.3 Å². The van der Waals surface area contributed by atoms with Gasteiger partial charge in [-0.3, -0.25) is 0 Å². The van der Waals surface area contributed by atoms with Gasteiger partial charge in [0.1, 0.15) is 0 Å². The SMILES string of the molecule is CC(C)CCNCCOCc1ccc(Cl)cc1. The van der Waals surface area contributed by atoms with Crippen molar-refractivity contribution in [1.29, 1.82) is 0 Å². The molecule has 1 aromatic carbocycles. The molecule has 96 valence electrons. The second-order valence-corrected chi connectivity index (χ2v) is 5.05. The summed E-state index contributed by atoms with van der Waals surface area (Å²) in [6, 6.07) is 7.77. The number of hydrogen-bond donors (Lipinski definition) is 1. The Morgan fingerprint density at radius 1 is 1.18 bits per heavy atom. The highest BCUT2D eigenvalue weighted by atomic mass is 35.5. The van der Waals surface area contributed by atoms with Crippen molar-refractivity contribution in [3.8, 4) is 0 Å². The summed E-state index contributed by atoms with van der Waals surface area (Å²) >= 11 is 5.80. The smallest absolute Gasteiger partial charge is 0.0717 e. The normalized spacial score (nSPS) is 11.1. The van der Waals surface area contributed by atoms with Crippen molar-refractivity contribution in [3.63, 3.8) is 0 Å².